The summed E-state index contributed by atoms with van der Waals surface area (Å²) in [6.45, 7) is 1.06. The third kappa shape index (κ3) is 4.78. The normalized spacial score (nSPS) is 26.2. The fourth-order valence-corrected chi connectivity index (χ4v) is 5.46. The van der Waals surface area contributed by atoms with E-state index >= 15 is 0 Å². The van der Waals surface area contributed by atoms with E-state index in [1.807, 2.05) is 60.7 Å². The molecule has 2 fully saturated rings. The van der Waals surface area contributed by atoms with Crippen LogP contribution >= 0.6 is 0 Å². The van der Waals surface area contributed by atoms with Crippen LogP contribution in [0.2, 0.25) is 0 Å². The van der Waals surface area contributed by atoms with E-state index in [0.717, 1.165) is 11.4 Å². The van der Waals surface area contributed by atoms with Crippen LogP contribution in [0.5, 0.6) is 0 Å². The second kappa shape index (κ2) is 10.00. The Bertz CT molecular complexity index is 1230. The minimum atomic E-state index is -0.807. The van der Waals surface area contributed by atoms with Crippen LogP contribution in [0.25, 0.3) is 11.4 Å². The molecule has 194 valence electrons. The summed E-state index contributed by atoms with van der Waals surface area (Å²) in [5.74, 6) is 1.20. The molecule has 0 radical (unpaired) electrons. The molecule has 4 aromatic rings. The SMILES string of the molecule is FC1CC(CNc2ccc(-c3ccc(NCC4(c5ccccn5)CC(F)C4)nn3)nn2)(c2ccccn2)C1. The van der Waals surface area contributed by atoms with Gasteiger partial charge in [-0.25, -0.2) is 8.78 Å². The zero-order valence-electron chi connectivity index (χ0n) is 20.8. The van der Waals surface area contributed by atoms with Crippen molar-refractivity contribution in [2.24, 2.45) is 0 Å². The van der Waals surface area contributed by atoms with E-state index in [2.05, 4.69) is 41.0 Å². The Morgan fingerprint density at radius 1 is 0.605 bits per heavy atom. The Hall–Kier alpha value is -4.08. The number of anilines is 2. The van der Waals surface area contributed by atoms with E-state index in [4.69, 9.17) is 0 Å². The lowest BCUT2D eigenvalue weighted by Crippen LogP contribution is -2.48. The molecule has 2 aliphatic carbocycles. The standard InChI is InChI=1S/C28H28F2N8/c29-19-13-27(14-19,23-5-1-3-11-31-23)17-33-25-9-7-21(35-37-25)22-8-10-26(38-36-22)34-18-28(15-20(30)16-28)24-6-2-4-12-32-24/h1-12,19-20H,13-18H2,(H,33,37)(H,34,38). The summed E-state index contributed by atoms with van der Waals surface area (Å²) in [6.07, 6.45) is 3.63. The largest absolute Gasteiger partial charge is 0.368 e. The van der Waals surface area contributed by atoms with Gasteiger partial charge >= 0.3 is 0 Å². The molecule has 0 spiro atoms. The van der Waals surface area contributed by atoms with E-state index in [1.54, 1.807) is 12.4 Å². The van der Waals surface area contributed by atoms with Gasteiger partial charge in [0.15, 0.2) is 0 Å². The molecule has 0 saturated heterocycles. The number of hydrogen-bond donors (Lipinski definition) is 2. The summed E-state index contributed by atoms with van der Waals surface area (Å²) < 4.78 is 27.6. The lowest BCUT2D eigenvalue weighted by Gasteiger charge is -2.44. The molecule has 4 aromatic heterocycles. The molecule has 0 unspecified atom stereocenters. The lowest BCUT2D eigenvalue weighted by molar-refractivity contribution is 0.0994. The summed E-state index contributed by atoms with van der Waals surface area (Å²) in [4.78, 5) is 8.90. The van der Waals surface area contributed by atoms with Crippen molar-refractivity contribution in [3.05, 3.63) is 84.4 Å². The Labute approximate surface area is 219 Å². The molecular formula is C28H28F2N8. The van der Waals surface area contributed by atoms with Crippen LogP contribution in [0.3, 0.4) is 0 Å². The van der Waals surface area contributed by atoms with Gasteiger partial charge in [-0.1, -0.05) is 12.1 Å². The van der Waals surface area contributed by atoms with Gasteiger partial charge in [0.1, 0.15) is 35.4 Å². The fourth-order valence-electron chi connectivity index (χ4n) is 5.46. The van der Waals surface area contributed by atoms with Gasteiger partial charge in [-0.2, -0.15) is 0 Å². The maximum absolute atomic E-state index is 13.8. The molecule has 0 atom stereocenters. The first-order chi connectivity index (χ1) is 18.5. The first-order valence-electron chi connectivity index (χ1n) is 12.8. The quantitative estimate of drug-likeness (QED) is 0.332. The Kier molecular flexibility index (Phi) is 6.39. The zero-order chi connectivity index (χ0) is 26.0. The number of rotatable bonds is 9. The maximum Gasteiger partial charge on any atom is 0.148 e. The van der Waals surface area contributed by atoms with Crippen LogP contribution in [0, 0.1) is 0 Å². The molecule has 10 heteroatoms. The summed E-state index contributed by atoms with van der Waals surface area (Å²) >= 11 is 0. The third-order valence-corrected chi connectivity index (χ3v) is 7.67. The van der Waals surface area contributed by atoms with Crippen molar-refractivity contribution in [2.45, 2.75) is 48.9 Å². The summed E-state index contributed by atoms with van der Waals surface area (Å²) in [6, 6.07) is 18.8. The van der Waals surface area contributed by atoms with E-state index in [1.165, 1.54) is 0 Å². The molecule has 8 nitrogen and oxygen atoms in total. The van der Waals surface area contributed by atoms with Gasteiger partial charge in [0.05, 0.1) is 0 Å². The van der Waals surface area contributed by atoms with Gasteiger partial charge in [0.25, 0.3) is 0 Å². The summed E-state index contributed by atoms with van der Waals surface area (Å²) in [7, 11) is 0. The van der Waals surface area contributed by atoms with Gasteiger partial charge in [-0.05, 0) is 74.2 Å². The molecule has 2 saturated carbocycles. The Balaban J connectivity index is 1.07. The number of nitrogens with one attached hydrogen (secondary N) is 2. The highest BCUT2D eigenvalue weighted by atomic mass is 19.1. The Morgan fingerprint density at radius 2 is 1.05 bits per heavy atom. The smallest absolute Gasteiger partial charge is 0.148 e. The predicted octanol–water partition coefficient (Wildman–Crippen LogP) is 4.69. The Morgan fingerprint density at radius 3 is 1.37 bits per heavy atom. The van der Waals surface area contributed by atoms with Gasteiger partial charge in [0, 0.05) is 47.7 Å². The summed E-state index contributed by atoms with van der Waals surface area (Å²) in [5.41, 5.74) is 2.28. The van der Waals surface area contributed by atoms with Crippen LogP contribution in [0.1, 0.15) is 37.1 Å². The predicted molar refractivity (Wildman–Crippen MR) is 140 cm³/mol. The molecule has 2 N–H and O–H groups in total. The average Bonchev–Trinajstić information content (AvgIpc) is 2.94. The number of hydrogen-bond acceptors (Lipinski definition) is 8. The lowest BCUT2D eigenvalue weighted by atomic mass is 9.65. The van der Waals surface area contributed by atoms with Crippen LogP contribution in [0.15, 0.2) is 73.1 Å². The van der Waals surface area contributed by atoms with Crippen molar-refractivity contribution in [1.82, 2.24) is 30.4 Å². The zero-order valence-corrected chi connectivity index (χ0v) is 20.8. The van der Waals surface area contributed by atoms with E-state index in [0.29, 0.717) is 61.8 Å². The van der Waals surface area contributed by atoms with Crippen LogP contribution in [-0.2, 0) is 10.8 Å². The average molecular weight is 515 g/mol. The van der Waals surface area contributed by atoms with Crippen molar-refractivity contribution in [2.75, 3.05) is 23.7 Å². The molecule has 4 heterocycles. The number of aromatic nitrogens is 6. The first kappa shape index (κ1) is 24.3. The molecule has 0 aliphatic heterocycles. The van der Waals surface area contributed by atoms with E-state index < -0.39 is 12.3 Å². The van der Waals surface area contributed by atoms with Crippen molar-refractivity contribution in [3.63, 3.8) is 0 Å². The van der Waals surface area contributed by atoms with Gasteiger partial charge in [0.2, 0.25) is 0 Å². The fraction of sp³-hybridized carbons (Fsp3) is 0.357. The third-order valence-electron chi connectivity index (χ3n) is 7.67. The van der Waals surface area contributed by atoms with Gasteiger partial charge < -0.3 is 10.6 Å². The molecule has 38 heavy (non-hydrogen) atoms. The number of alkyl halides is 2. The van der Waals surface area contributed by atoms with Crippen molar-refractivity contribution in [3.8, 4) is 11.4 Å². The summed E-state index contributed by atoms with van der Waals surface area (Å²) in [5, 5.41) is 23.7. The van der Waals surface area contributed by atoms with Crippen LogP contribution < -0.4 is 10.6 Å². The first-order valence-corrected chi connectivity index (χ1v) is 12.8. The highest BCUT2D eigenvalue weighted by molar-refractivity contribution is 5.56. The molecule has 0 bridgehead atoms. The van der Waals surface area contributed by atoms with Crippen LogP contribution in [-0.4, -0.2) is 55.8 Å². The highest BCUT2D eigenvalue weighted by Crippen LogP contribution is 2.45. The topological polar surface area (TPSA) is 101 Å². The molecule has 0 aromatic carbocycles. The molecule has 0 amide bonds. The number of halogens is 2. The monoisotopic (exact) mass is 514 g/mol. The minimum absolute atomic E-state index is 0.338. The van der Waals surface area contributed by atoms with E-state index in [9.17, 15) is 8.78 Å². The van der Waals surface area contributed by atoms with Gasteiger partial charge in [-0.3, -0.25) is 9.97 Å². The molecule has 6 rings (SSSR count). The second-order valence-corrected chi connectivity index (χ2v) is 10.3. The number of pyridine rings is 2. The van der Waals surface area contributed by atoms with Crippen molar-refractivity contribution < 1.29 is 8.78 Å². The van der Waals surface area contributed by atoms with Crippen molar-refractivity contribution >= 4 is 11.6 Å². The highest BCUT2D eigenvalue weighted by Gasteiger charge is 2.47. The van der Waals surface area contributed by atoms with Crippen LogP contribution in [0.4, 0.5) is 20.4 Å². The molecular weight excluding hydrogens is 486 g/mol. The maximum atomic E-state index is 13.8. The second-order valence-electron chi connectivity index (χ2n) is 10.3. The van der Waals surface area contributed by atoms with Gasteiger partial charge in [-0.15, -0.1) is 20.4 Å². The minimum Gasteiger partial charge on any atom is -0.368 e. The number of nitrogens with zero attached hydrogens (tertiary/aromatic N) is 6. The van der Waals surface area contributed by atoms with Crippen molar-refractivity contribution in [1.29, 1.82) is 0 Å². The molecule has 2 aliphatic rings. The van der Waals surface area contributed by atoms with E-state index in [-0.39, 0.29) is 10.8 Å².